The summed E-state index contributed by atoms with van der Waals surface area (Å²) in [5.41, 5.74) is 1.76. The fourth-order valence-corrected chi connectivity index (χ4v) is 3.72. The van der Waals surface area contributed by atoms with Gasteiger partial charge in [0, 0.05) is 30.5 Å². The van der Waals surface area contributed by atoms with Gasteiger partial charge in [0.05, 0.1) is 18.7 Å². The Balaban J connectivity index is 1.62. The molecule has 1 aliphatic heterocycles. The quantitative estimate of drug-likeness (QED) is 0.844. The maximum atomic E-state index is 12.5. The number of likely N-dealkylation sites (tertiary alicyclic amines) is 1. The van der Waals surface area contributed by atoms with Crippen LogP contribution in [-0.4, -0.2) is 41.9 Å². The van der Waals surface area contributed by atoms with Gasteiger partial charge < -0.3 is 15.0 Å². The Labute approximate surface area is 157 Å². The lowest BCUT2D eigenvalue weighted by Crippen LogP contribution is -2.31. The molecule has 3 rings (SSSR count). The highest BCUT2D eigenvalue weighted by molar-refractivity contribution is 7.14. The van der Waals surface area contributed by atoms with Crippen molar-refractivity contribution in [2.75, 3.05) is 25.5 Å². The largest absolute Gasteiger partial charge is 0.497 e. The van der Waals surface area contributed by atoms with E-state index in [0.717, 1.165) is 17.0 Å². The molecule has 26 heavy (non-hydrogen) atoms. The van der Waals surface area contributed by atoms with Gasteiger partial charge in [0.25, 0.3) is 0 Å². The molecule has 0 bridgehead atoms. The first-order chi connectivity index (χ1) is 12.5. The number of anilines is 1. The van der Waals surface area contributed by atoms with E-state index in [1.54, 1.807) is 12.0 Å². The van der Waals surface area contributed by atoms with Crippen LogP contribution in [0.1, 0.15) is 20.3 Å². The predicted octanol–water partition coefficient (Wildman–Crippen LogP) is 3.26. The van der Waals surface area contributed by atoms with Crippen molar-refractivity contribution >= 4 is 28.3 Å². The molecule has 0 spiro atoms. The molecule has 6 nitrogen and oxygen atoms in total. The zero-order valence-corrected chi connectivity index (χ0v) is 16.0. The van der Waals surface area contributed by atoms with Gasteiger partial charge in [-0.25, -0.2) is 4.98 Å². The Bertz CT molecular complexity index is 786. The molecule has 1 aromatic carbocycles. The van der Waals surface area contributed by atoms with Crippen LogP contribution in [0, 0.1) is 11.8 Å². The van der Waals surface area contributed by atoms with Gasteiger partial charge in [0.1, 0.15) is 5.75 Å². The van der Waals surface area contributed by atoms with Gasteiger partial charge >= 0.3 is 0 Å². The van der Waals surface area contributed by atoms with E-state index in [2.05, 4.69) is 24.1 Å². The van der Waals surface area contributed by atoms with Gasteiger partial charge in [-0.05, 0) is 30.2 Å². The molecule has 1 unspecified atom stereocenters. The van der Waals surface area contributed by atoms with Gasteiger partial charge in [0.15, 0.2) is 5.13 Å². The molecule has 2 heterocycles. The first kappa shape index (κ1) is 18.4. The normalized spacial score (nSPS) is 17.0. The minimum atomic E-state index is -0.311. The second kappa shape index (κ2) is 7.86. The van der Waals surface area contributed by atoms with Crippen LogP contribution in [0.2, 0.25) is 0 Å². The maximum absolute atomic E-state index is 12.5. The third-order valence-corrected chi connectivity index (χ3v) is 5.05. The van der Waals surface area contributed by atoms with E-state index in [9.17, 15) is 9.59 Å². The molecule has 2 aromatic rings. The molecule has 1 atom stereocenters. The molecule has 1 aromatic heterocycles. The third-order valence-electron chi connectivity index (χ3n) is 4.29. The number of ether oxygens (including phenoxy) is 1. The van der Waals surface area contributed by atoms with E-state index in [0.29, 0.717) is 24.1 Å². The van der Waals surface area contributed by atoms with Crippen LogP contribution in [0.4, 0.5) is 5.13 Å². The molecule has 2 amide bonds. The van der Waals surface area contributed by atoms with Crippen LogP contribution in [0.3, 0.4) is 0 Å². The number of aromatic nitrogens is 1. The lowest BCUT2D eigenvalue weighted by molar-refractivity contribution is -0.128. The molecule has 0 aliphatic carbocycles. The minimum absolute atomic E-state index is 0.0527. The number of nitrogens with one attached hydrogen (secondary N) is 1. The summed E-state index contributed by atoms with van der Waals surface area (Å²) in [6.07, 6.45) is 0.273. The van der Waals surface area contributed by atoms with E-state index in [-0.39, 0.29) is 24.2 Å². The summed E-state index contributed by atoms with van der Waals surface area (Å²) in [5, 5.41) is 5.31. The molecule has 138 valence electrons. The van der Waals surface area contributed by atoms with E-state index < -0.39 is 0 Å². The SMILES string of the molecule is COc1ccc(-c2csc(NC(=O)C3CC(=O)N(CC(C)C)C3)n2)cc1. The second-order valence-electron chi connectivity index (χ2n) is 6.85. The van der Waals surface area contributed by atoms with Crippen LogP contribution in [-0.2, 0) is 9.59 Å². The highest BCUT2D eigenvalue weighted by atomic mass is 32.1. The lowest BCUT2D eigenvalue weighted by Gasteiger charge is -2.18. The lowest BCUT2D eigenvalue weighted by atomic mass is 10.1. The summed E-state index contributed by atoms with van der Waals surface area (Å²) >= 11 is 1.38. The number of hydrogen-bond donors (Lipinski definition) is 1. The first-order valence-corrected chi connectivity index (χ1v) is 9.53. The summed E-state index contributed by atoms with van der Waals surface area (Å²) in [6, 6.07) is 7.61. The van der Waals surface area contributed by atoms with Gasteiger partial charge in [-0.3, -0.25) is 9.59 Å². The maximum Gasteiger partial charge on any atom is 0.231 e. The number of benzene rings is 1. The van der Waals surface area contributed by atoms with Crippen molar-refractivity contribution in [2.45, 2.75) is 20.3 Å². The molecule has 1 saturated heterocycles. The Morgan fingerprint density at radius 2 is 2.12 bits per heavy atom. The van der Waals surface area contributed by atoms with Crippen molar-refractivity contribution in [3.05, 3.63) is 29.6 Å². The van der Waals surface area contributed by atoms with Crippen LogP contribution < -0.4 is 10.1 Å². The molecule has 1 fully saturated rings. The zero-order valence-electron chi connectivity index (χ0n) is 15.2. The van der Waals surface area contributed by atoms with Crippen LogP contribution in [0.5, 0.6) is 5.75 Å². The number of nitrogens with zero attached hydrogens (tertiary/aromatic N) is 2. The Kier molecular flexibility index (Phi) is 5.56. The van der Waals surface area contributed by atoms with Crippen molar-refractivity contribution in [1.82, 2.24) is 9.88 Å². The van der Waals surface area contributed by atoms with E-state index >= 15 is 0 Å². The van der Waals surface area contributed by atoms with E-state index in [1.807, 2.05) is 29.6 Å². The molecular weight excluding hydrogens is 350 g/mol. The average molecular weight is 373 g/mol. The number of amides is 2. The number of thiazole rings is 1. The average Bonchev–Trinajstić information content (AvgIpc) is 3.22. The van der Waals surface area contributed by atoms with Crippen molar-refractivity contribution < 1.29 is 14.3 Å². The Morgan fingerprint density at radius 3 is 2.77 bits per heavy atom. The molecule has 7 heteroatoms. The van der Waals surface area contributed by atoms with E-state index in [1.165, 1.54) is 11.3 Å². The number of carbonyl (C=O) groups is 2. The van der Waals surface area contributed by atoms with Gasteiger partial charge in [-0.15, -0.1) is 11.3 Å². The van der Waals surface area contributed by atoms with Crippen molar-refractivity contribution in [3.63, 3.8) is 0 Å². The predicted molar refractivity (Wildman–Crippen MR) is 102 cm³/mol. The smallest absolute Gasteiger partial charge is 0.231 e. The standard InChI is InChI=1S/C19H23N3O3S/c1-12(2)9-22-10-14(8-17(22)23)18(24)21-19-20-16(11-26-19)13-4-6-15(25-3)7-5-13/h4-7,11-12,14H,8-10H2,1-3H3,(H,20,21,24). The second-order valence-corrected chi connectivity index (χ2v) is 7.71. The van der Waals surface area contributed by atoms with Crippen LogP contribution in [0.15, 0.2) is 29.6 Å². The van der Waals surface area contributed by atoms with Gasteiger partial charge in [-0.2, -0.15) is 0 Å². The summed E-state index contributed by atoms with van der Waals surface area (Å²) in [4.78, 5) is 30.8. The topological polar surface area (TPSA) is 71.5 Å². The molecule has 0 saturated carbocycles. The van der Waals surface area contributed by atoms with Crippen molar-refractivity contribution in [2.24, 2.45) is 11.8 Å². The Morgan fingerprint density at radius 1 is 1.38 bits per heavy atom. The van der Waals surface area contributed by atoms with Crippen LogP contribution >= 0.6 is 11.3 Å². The van der Waals surface area contributed by atoms with Gasteiger partial charge in [0.2, 0.25) is 11.8 Å². The summed E-state index contributed by atoms with van der Waals surface area (Å²) in [7, 11) is 1.63. The van der Waals surface area contributed by atoms with Crippen molar-refractivity contribution in [3.8, 4) is 17.0 Å². The zero-order chi connectivity index (χ0) is 18.7. The molecule has 1 aliphatic rings. The summed E-state index contributed by atoms with van der Waals surface area (Å²) < 4.78 is 5.15. The van der Waals surface area contributed by atoms with Crippen molar-refractivity contribution in [1.29, 1.82) is 0 Å². The highest BCUT2D eigenvalue weighted by Gasteiger charge is 2.34. The molecule has 0 radical (unpaired) electrons. The van der Waals surface area contributed by atoms with E-state index in [4.69, 9.17) is 4.74 Å². The highest BCUT2D eigenvalue weighted by Crippen LogP contribution is 2.27. The first-order valence-electron chi connectivity index (χ1n) is 8.65. The fraction of sp³-hybridized carbons (Fsp3) is 0.421. The van der Waals surface area contributed by atoms with Gasteiger partial charge in [-0.1, -0.05) is 13.8 Å². The number of methoxy groups -OCH3 is 1. The summed E-state index contributed by atoms with van der Waals surface area (Å²) in [5.74, 6) is 0.785. The Hall–Kier alpha value is -2.41. The number of rotatable bonds is 6. The fourth-order valence-electron chi connectivity index (χ4n) is 3.00. The molecular formula is C19H23N3O3S. The minimum Gasteiger partial charge on any atom is -0.497 e. The number of hydrogen-bond acceptors (Lipinski definition) is 5. The summed E-state index contributed by atoms with van der Waals surface area (Å²) in [6.45, 7) is 5.31. The van der Waals surface area contributed by atoms with Crippen LogP contribution in [0.25, 0.3) is 11.3 Å². The molecule has 1 N–H and O–H groups in total. The third kappa shape index (κ3) is 4.22. The number of carbonyl (C=O) groups excluding carboxylic acids is 2. The monoisotopic (exact) mass is 373 g/mol.